The molecule has 0 N–H and O–H groups in total. The molecule has 1 aliphatic carbocycles. The van der Waals surface area contributed by atoms with Gasteiger partial charge in [-0.15, -0.1) is 0 Å². The minimum atomic E-state index is 1.19. The standard InChI is InChI=1S/C10H14/c1-4-9-6-7-10(5-2)8(9)3/h4-5H,1,6-7H2,2-3H3/b10-5+. The van der Waals surface area contributed by atoms with Crippen LogP contribution >= 0.6 is 0 Å². The van der Waals surface area contributed by atoms with E-state index in [4.69, 9.17) is 0 Å². The number of rotatable bonds is 1. The zero-order valence-corrected chi connectivity index (χ0v) is 6.78. The van der Waals surface area contributed by atoms with Gasteiger partial charge in [-0.2, -0.15) is 0 Å². The topological polar surface area (TPSA) is 0 Å². The quantitative estimate of drug-likeness (QED) is 0.516. The molecule has 0 bridgehead atoms. The summed E-state index contributed by atoms with van der Waals surface area (Å²) >= 11 is 0. The number of allylic oxidation sites excluding steroid dienone is 5. The first-order chi connectivity index (χ1) is 4.79. The molecular weight excluding hydrogens is 120 g/mol. The molecule has 1 aliphatic rings. The molecule has 0 heterocycles. The fraction of sp³-hybridized carbons (Fsp3) is 0.400. The van der Waals surface area contributed by atoms with E-state index in [2.05, 4.69) is 26.5 Å². The first-order valence-corrected chi connectivity index (χ1v) is 3.77. The summed E-state index contributed by atoms with van der Waals surface area (Å²) in [4.78, 5) is 0. The van der Waals surface area contributed by atoms with Gasteiger partial charge in [0.15, 0.2) is 0 Å². The Morgan fingerprint density at radius 2 is 2.10 bits per heavy atom. The fourth-order valence-corrected chi connectivity index (χ4v) is 1.47. The van der Waals surface area contributed by atoms with Crippen molar-refractivity contribution in [3.63, 3.8) is 0 Å². The van der Waals surface area contributed by atoms with Crippen molar-refractivity contribution in [1.82, 2.24) is 0 Å². The van der Waals surface area contributed by atoms with E-state index in [-0.39, 0.29) is 0 Å². The highest BCUT2D eigenvalue weighted by Gasteiger charge is 2.11. The van der Waals surface area contributed by atoms with Gasteiger partial charge < -0.3 is 0 Å². The van der Waals surface area contributed by atoms with Crippen molar-refractivity contribution in [3.05, 3.63) is 35.5 Å². The predicted octanol–water partition coefficient (Wildman–Crippen LogP) is 3.23. The highest BCUT2D eigenvalue weighted by molar-refractivity contribution is 5.43. The molecule has 0 aromatic carbocycles. The molecule has 54 valence electrons. The lowest BCUT2D eigenvalue weighted by atomic mass is 10.1. The monoisotopic (exact) mass is 134 g/mol. The van der Waals surface area contributed by atoms with Crippen LogP contribution in [-0.4, -0.2) is 0 Å². The molecule has 0 aromatic rings. The maximum absolute atomic E-state index is 3.78. The molecule has 0 amide bonds. The van der Waals surface area contributed by atoms with E-state index in [9.17, 15) is 0 Å². The Hall–Kier alpha value is -0.780. The van der Waals surface area contributed by atoms with E-state index in [1.54, 1.807) is 0 Å². The van der Waals surface area contributed by atoms with Gasteiger partial charge in [-0.1, -0.05) is 18.7 Å². The van der Waals surface area contributed by atoms with E-state index in [0.29, 0.717) is 0 Å². The summed E-state index contributed by atoms with van der Waals surface area (Å²) in [5.74, 6) is 0. The highest BCUT2D eigenvalue weighted by Crippen LogP contribution is 2.30. The van der Waals surface area contributed by atoms with Crippen LogP contribution in [0.5, 0.6) is 0 Å². The maximum Gasteiger partial charge on any atom is -0.0236 e. The van der Waals surface area contributed by atoms with Crippen LogP contribution in [-0.2, 0) is 0 Å². The zero-order valence-electron chi connectivity index (χ0n) is 6.78. The van der Waals surface area contributed by atoms with Gasteiger partial charge in [0.05, 0.1) is 0 Å². The fourth-order valence-electron chi connectivity index (χ4n) is 1.47. The Kier molecular flexibility index (Phi) is 2.10. The highest BCUT2D eigenvalue weighted by atomic mass is 14.2. The van der Waals surface area contributed by atoms with Crippen LogP contribution in [0.1, 0.15) is 26.7 Å². The summed E-state index contributed by atoms with van der Waals surface area (Å²) in [5, 5.41) is 0. The molecule has 1 rings (SSSR count). The molecule has 0 aliphatic heterocycles. The van der Waals surface area contributed by atoms with Crippen molar-refractivity contribution >= 4 is 0 Å². The largest absolute Gasteiger partial charge is 0.0988 e. The van der Waals surface area contributed by atoms with Crippen molar-refractivity contribution in [1.29, 1.82) is 0 Å². The molecule has 0 heteroatoms. The van der Waals surface area contributed by atoms with Gasteiger partial charge in [0, 0.05) is 0 Å². The predicted molar refractivity (Wildman–Crippen MR) is 45.9 cm³/mol. The second-order valence-electron chi connectivity index (χ2n) is 2.67. The Labute approximate surface area is 62.9 Å². The minimum Gasteiger partial charge on any atom is -0.0988 e. The molecule has 10 heavy (non-hydrogen) atoms. The van der Waals surface area contributed by atoms with Crippen LogP contribution in [0.3, 0.4) is 0 Å². The Bertz CT molecular complexity index is 204. The molecule has 0 radical (unpaired) electrons. The lowest BCUT2D eigenvalue weighted by molar-refractivity contribution is 1.03. The smallest absolute Gasteiger partial charge is 0.0236 e. The number of hydrogen-bond acceptors (Lipinski definition) is 0. The third kappa shape index (κ3) is 1.06. The Morgan fingerprint density at radius 3 is 2.40 bits per heavy atom. The van der Waals surface area contributed by atoms with Crippen LogP contribution in [0, 0.1) is 0 Å². The molecule has 0 nitrogen and oxygen atoms in total. The lowest BCUT2D eigenvalue weighted by Gasteiger charge is -1.95. The van der Waals surface area contributed by atoms with Gasteiger partial charge in [-0.05, 0) is 43.4 Å². The maximum atomic E-state index is 3.78. The second kappa shape index (κ2) is 2.87. The van der Waals surface area contributed by atoms with Crippen molar-refractivity contribution < 1.29 is 0 Å². The normalized spacial score (nSPS) is 22.4. The Morgan fingerprint density at radius 1 is 1.40 bits per heavy atom. The van der Waals surface area contributed by atoms with Crippen molar-refractivity contribution in [2.75, 3.05) is 0 Å². The zero-order chi connectivity index (χ0) is 7.56. The van der Waals surface area contributed by atoms with Crippen LogP contribution in [0.4, 0.5) is 0 Å². The Balaban J connectivity index is 2.94. The van der Waals surface area contributed by atoms with Gasteiger partial charge in [0.1, 0.15) is 0 Å². The van der Waals surface area contributed by atoms with Gasteiger partial charge in [0.25, 0.3) is 0 Å². The van der Waals surface area contributed by atoms with Crippen LogP contribution in [0.2, 0.25) is 0 Å². The summed E-state index contributed by atoms with van der Waals surface area (Å²) in [6.45, 7) is 8.06. The third-order valence-electron chi connectivity index (χ3n) is 2.22. The molecule has 0 fully saturated rings. The minimum absolute atomic E-state index is 1.19. The van der Waals surface area contributed by atoms with Crippen molar-refractivity contribution in [2.24, 2.45) is 0 Å². The van der Waals surface area contributed by atoms with E-state index in [1.807, 2.05) is 6.08 Å². The second-order valence-corrected chi connectivity index (χ2v) is 2.67. The van der Waals surface area contributed by atoms with Crippen molar-refractivity contribution in [3.8, 4) is 0 Å². The molecular formula is C10H14. The van der Waals surface area contributed by atoms with Crippen LogP contribution in [0.25, 0.3) is 0 Å². The summed E-state index contributed by atoms with van der Waals surface area (Å²) in [6, 6.07) is 0. The van der Waals surface area contributed by atoms with Gasteiger partial charge in [-0.25, -0.2) is 0 Å². The average Bonchev–Trinajstić information content (AvgIpc) is 2.30. The van der Waals surface area contributed by atoms with E-state index in [1.165, 1.54) is 29.6 Å². The first-order valence-electron chi connectivity index (χ1n) is 3.77. The van der Waals surface area contributed by atoms with Gasteiger partial charge in [-0.3, -0.25) is 0 Å². The van der Waals surface area contributed by atoms with Gasteiger partial charge in [0.2, 0.25) is 0 Å². The van der Waals surface area contributed by atoms with Gasteiger partial charge >= 0.3 is 0 Å². The molecule has 0 spiro atoms. The molecule has 0 atom stereocenters. The number of hydrogen-bond donors (Lipinski definition) is 0. The van der Waals surface area contributed by atoms with Crippen LogP contribution < -0.4 is 0 Å². The lowest BCUT2D eigenvalue weighted by Crippen LogP contribution is -1.75. The third-order valence-corrected chi connectivity index (χ3v) is 2.22. The average molecular weight is 134 g/mol. The summed E-state index contributed by atoms with van der Waals surface area (Å²) < 4.78 is 0. The van der Waals surface area contributed by atoms with Crippen molar-refractivity contribution in [2.45, 2.75) is 26.7 Å². The molecule has 0 unspecified atom stereocenters. The first kappa shape index (κ1) is 7.33. The molecule has 0 saturated heterocycles. The summed E-state index contributed by atoms with van der Waals surface area (Å²) in [7, 11) is 0. The summed E-state index contributed by atoms with van der Waals surface area (Å²) in [5.41, 5.74) is 4.36. The molecule has 0 aromatic heterocycles. The van der Waals surface area contributed by atoms with E-state index < -0.39 is 0 Å². The summed E-state index contributed by atoms with van der Waals surface area (Å²) in [6.07, 6.45) is 6.58. The SMILES string of the molecule is C=CC1=C(C)/C(=C/C)CC1. The molecule has 0 saturated carbocycles. The van der Waals surface area contributed by atoms with E-state index in [0.717, 1.165) is 0 Å². The van der Waals surface area contributed by atoms with E-state index >= 15 is 0 Å². The van der Waals surface area contributed by atoms with Crippen LogP contribution in [0.15, 0.2) is 35.5 Å².